The maximum absolute atomic E-state index is 11.0. The fourth-order valence-electron chi connectivity index (χ4n) is 1.60. The molecule has 2 rings (SSSR count). The van der Waals surface area contributed by atoms with Crippen molar-refractivity contribution in [2.45, 2.75) is 13.3 Å². The Kier molecular flexibility index (Phi) is 2.68. The van der Waals surface area contributed by atoms with Crippen LogP contribution in [0.5, 0.6) is 0 Å². The number of hydrogen-bond donors (Lipinski definition) is 1. The van der Waals surface area contributed by atoms with Crippen LogP contribution in [0.2, 0.25) is 0 Å². The Balaban J connectivity index is 2.54. The zero-order chi connectivity index (χ0) is 11.5. The summed E-state index contributed by atoms with van der Waals surface area (Å²) in [5.41, 5.74) is 1.76. The van der Waals surface area contributed by atoms with Crippen LogP contribution in [0.1, 0.15) is 23.0 Å². The Morgan fingerprint density at radius 1 is 1.44 bits per heavy atom. The van der Waals surface area contributed by atoms with Crippen molar-refractivity contribution in [2.75, 3.05) is 0 Å². The molecule has 0 aliphatic rings. The lowest BCUT2D eigenvalue weighted by Crippen LogP contribution is -2.05. The van der Waals surface area contributed by atoms with Gasteiger partial charge in [0.2, 0.25) is 0 Å². The topological polar surface area (TPSA) is 68.0 Å². The Morgan fingerprint density at radius 3 is 2.69 bits per heavy atom. The van der Waals surface area contributed by atoms with Gasteiger partial charge in [-0.2, -0.15) is 5.10 Å². The number of nitrogens with zero attached hydrogens (tertiary/aromatic N) is 3. The molecule has 1 N–H and O–H groups in total. The summed E-state index contributed by atoms with van der Waals surface area (Å²) < 4.78 is 1.63. The Morgan fingerprint density at radius 2 is 2.12 bits per heavy atom. The monoisotopic (exact) mass is 217 g/mol. The second kappa shape index (κ2) is 4.14. The van der Waals surface area contributed by atoms with E-state index in [1.807, 2.05) is 6.92 Å². The van der Waals surface area contributed by atoms with E-state index in [9.17, 15) is 4.79 Å². The first kappa shape index (κ1) is 10.4. The SMILES string of the molecule is CCc1c(C(=O)O)cnn1-c1ccncc1. The molecular formula is C11H11N3O2. The predicted molar refractivity (Wildman–Crippen MR) is 57.7 cm³/mol. The second-order valence-corrected chi connectivity index (χ2v) is 3.28. The molecule has 0 bridgehead atoms. The van der Waals surface area contributed by atoms with Gasteiger partial charge in [-0.15, -0.1) is 0 Å². The van der Waals surface area contributed by atoms with Crippen molar-refractivity contribution in [1.82, 2.24) is 14.8 Å². The normalized spacial score (nSPS) is 10.3. The molecular weight excluding hydrogens is 206 g/mol. The number of aromatic nitrogens is 3. The van der Waals surface area contributed by atoms with Crippen LogP contribution in [-0.2, 0) is 6.42 Å². The summed E-state index contributed by atoms with van der Waals surface area (Å²) in [6.45, 7) is 1.90. The first-order chi connectivity index (χ1) is 7.74. The largest absolute Gasteiger partial charge is 0.478 e. The van der Waals surface area contributed by atoms with Gasteiger partial charge in [0.25, 0.3) is 0 Å². The summed E-state index contributed by atoms with van der Waals surface area (Å²) in [4.78, 5) is 14.9. The maximum atomic E-state index is 11.0. The molecule has 0 radical (unpaired) electrons. The summed E-state index contributed by atoms with van der Waals surface area (Å²) in [6, 6.07) is 3.58. The molecule has 16 heavy (non-hydrogen) atoms. The second-order valence-electron chi connectivity index (χ2n) is 3.28. The van der Waals surface area contributed by atoms with Crippen molar-refractivity contribution < 1.29 is 9.90 Å². The number of rotatable bonds is 3. The van der Waals surface area contributed by atoms with E-state index in [1.54, 1.807) is 29.2 Å². The molecule has 5 heteroatoms. The minimum atomic E-state index is -0.947. The van der Waals surface area contributed by atoms with E-state index in [-0.39, 0.29) is 5.56 Å². The number of carboxylic acids is 1. The third kappa shape index (κ3) is 1.67. The van der Waals surface area contributed by atoms with Crippen LogP contribution in [0.4, 0.5) is 0 Å². The van der Waals surface area contributed by atoms with Crippen molar-refractivity contribution in [3.05, 3.63) is 42.0 Å². The Hall–Kier alpha value is -2.17. The summed E-state index contributed by atoms with van der Waals surface area (Å²) in [5, 5.41) is 13.1. The van der Waals surface area contributed by atoms with Gasteiger partial charge in [0.1, 0.15) is 5.56 Å². The van der Waals surface area contributed by atoms with Crippen molar-refractivity contribution in [1.29, 1.82) is 0 Å². The zero-order valence-corrected chi connectivity index (χ0v) is 8.79. The van der Waals surface area contributed by atoms with Gasteiger partial charge in [-0.05, 0) is 18.6 Å². The molecule has 2 aromatic rings. The molecule has 2 heterocycles. The molecule has 0 saturated carbocycles. The van der Waals surface area contributed by atoms with Crippen LogP contribution < -0.4 is 0 Å². The van der Waals surface area contributed by atoms with Gasteiger partial charge in [0, 0.05) is 12.4 Å². The van der Waals surface area contributed by atoms with Gasteiger partial charge in [-0.3, -0.25) is 4.98 Å². The first-order valence-corrected chi connectivity index (χ1v) is 4.94. The Bertz CT molecular complexity index is 505. The van der Waals surface area contributed by atoms with Crippen LogP contribution >= 0.6 is 0 Å². The molecule has 0 unspecified atom stereocenters. The van der Waals surface area contributed by atoms with Crippen LogP contribution in [0.15, 0.2) is 30.7 Å². The smallest absolute Gasteiger partial charge is 0.339 e. The highest BCUT2D eigenvalue weighted by Crippen LogP contribution is 2.14. The van der Waals surface area contributed by atoms with E-state index in [1.165, 1.54) is 6.20 Å². The molecule has 0 atom stereocenters. The zero-order valence-electron chi connectivity index (χ0n) is 8.79. The summed E-state index contributed by atoms with van der Waals surface area (Å²) in [6.07, 6.45) is 5.29. The van der Waals surface area contributed by atoms with Gasteiger partial charge in [-0.25, -0.2) is 9.48 Å². The van der Waals surface area contributed by atoms with E-state index >= 15 is 0 Å². The number of aromatic carboxylic acids is 1. The molecule has 0 amide bonds. The van der Waals surface area contributed by atoms with E-state index < -0.39 is 5.97 Å². The summed E-state index contributed by atoms with van der Waals surface area (Å²) in [5.74, 6) is -0.947. The molecule has 0 fully saturated rings. The highest BCUT2D eigenvalue weighted by molar-refractivity contribution is 5.88. The highest BCUT2D eigenvalue weighted by atomic mass is 16.4. The molecule has 0 spiro atoms. The maximum Gasteiger partial charge on any atom is 0.339 e. The summed E-state index contributed by atoms with van der Waals surface area (Å²) >= 11 is 0. The van der Waals surface area contributed by atoms with Crippen molar-refractivity contribution in [2.24, 2.45) is 0 Å². The van der Waals surface area contributed by atoms with Crippen LogP contribution in [-0.4, -0.2) is 25.8 Å². The van der Waals surface area contributed by atoms with E-state index in [0.717, 1.165) is 5.69 Å². The minimum absolute atomic E-state index is 0.249. The number of hydrogen-bond acceptors (Lipinski definition) is 3. The molecule has 0 aliphatic carbocycles. The van der Waals surface area contributed by atoms with Gasteiger partial charge >= 0.3 is 5.97 Å². The fourth-order valence-corrected chi connectivity index (χ4v) is 1.60. The predicted octanol–water partition coefficient (Wildman–Crippen LogP) is 1.53. The van der Waals surface area contributed by atoms with E-state index in [4.69, 9.17) is 5.11 Å². The van der Waals surface area contributed by atoms with Gasteiger partial charge in [-0.1, -0.05) is 6.92 Å². The lowest BCUT2D eigenvalue weighted by molar-refractivity contribution is 0.0695. The van der Waals surface area contributed by atoms with Crippen molar-refractivity contribution in [3.63, 3.8) is 0 Å². The standard InChI is InChI=1S/C11H11N3O2/c1-2-10-9(11(15)16)7-13-14(10)8-3-5-12-6-4-8/h3-7H,2H2,1H3,(H,15,16). The van der Waals surface area contributed by atoms with Crippen LogP contribution in [0.25, 0.3) is 5.69 Å². The quantitative estimate of drug-likeness (QED) is 0.846. The molecule has 5 nitrogen and oxygen atoms in total. The number of carbonyl (C=O) groups is 1. The van der Waals surface area contributed by atoms with Gasteiger partial charge in [0.15, 0.2) is 0 Å². The van der Waals surface area contributed by atoms with Crippen molar-refractivity contribution >= 4 is 5.97 Å². The number of pyridine rings is 1. The van der Waals surface area contributed by atoms with Crippen molar-refractivity contribution in [3.8, 4) is 5.69 Å². The fraction of sp³-hybridized carbons (Fsp3) is 0.182. The first-order valence-electron chi connectivity index (χ1n) is 4.94. The molecule has 0 aliphatic heterocycles. The molecule has 82 valence electrons. The lowest BCUT2D eigenvalue weighted by atomic mass is 10.2. The number of carboxylic acid groups (broad SMARTS) is 1. The Labute approximate surface area is 92.4 Å². The highest BCUT2D eigenvalue weighted by Gasteiger charge is 2.15. The van der Waals surface area contributed by atoms with Crippen LogP contribution in [0.3, 0.4) is 0 Å². The average Bonchev–Trinajstić information content (AvgIpc) is 2.73. The van der Waals surface area contributed by atoms with E-state index in [0.29, 0.717) is 12.1 Å². The average molecular weight is 217 g/mol. The van der Waals surface area contributed by atoms with Gasteiger partial charge in [0.05, 0.1) is 17.6 Å². The van der Waals surface area contributed by atoms with E-state index in [2.05, 4.69) is 10.1 Å². The molecule has 0 aromatic carbocycles. The van der Waals surface area contributed by atoms with Gasteiger partial charge < -0.3 is 5.11 Å². The summed E-state index contributed by atoms with van der Waals surface area (Å²) in [7, 11) is 0. The third-order valence-electron chi connectivity index (χ3n) is 2.34. The van der Waals surface area contributed by atoms with Crippen LogP contribution in [0, 0.1) is 0 Å². The third-order valence-corrected chi connectivity index (χ3v) is 2.34. The molecule has 2 aromatic heterocycles. The lowest BCUT2D eigenvalue weighted by Gasteiger charge is -2.05. The minimum Gasteiger partial charge on any atom is -0.478 e. The molecule has 0 saturated heterocycles.